The highest BCUT2D eigenvalue weighted by molar-refractivity contribution is 6.22. The highest BCUT2D eigenvalue weighted by atomic mass is 16.3. The molecule has 0 bridgehead atoms. The summed E-state index contributed by atoms with van der Waals surface area (Å²) in [4.78, 5) is 14.5. The first kappa shape index (κ1) is 22.5. The van der Waals surface area contributed by atoms with Gasteiger partial charge in [0.1, 0.15) is 22.3 Å². The van der Waals surface area contributed by atoms with Crippen molar-refractivity contribution in [2.75, 3.05) is 0 Å². The van der Waals surface area contributed by atoms with Gasteiger partial charge in [-0.15, -0.1) is 0 Å². The zero-order valence-corrected chi connectivity index (χ0v) is 29.6. The van der Waals surface area contributed by atoms with Crippen molar-refractivity contribution in [2.24, 2.45) is 0 Å². The maximum absolute atomic E-state index is 9.71. The Labute approximate surface area is 341 Å². The molecular weight excluding hydrogens is 701 g/mol. The Hall–Kier alpha value is -7.83. The molecule has 57 heavy (non-hydrogen) atoms. The van der Waals surface area contributed by atoms with Crippen LogP contribution in [0, 0.1) is 0 Å². The van der Waals surface area contributed by atoms with E-state index >= 15 is 0 Å². The summed E-state index contributed by atoms with van der Waals surface area (Å²) in [5.74, 6) is -0.848. The quantitative estimate of drug-likeness (QED) is 0.176. The highest BCUT2D eigenvalue weighted by Crippen LogP contribution is 2.42. The molecule has 6 heteroatoms. The number of hydrogen-bond donors (Lipinski definition) is 0. The molecule has 0 saturated carbocycles. The molecule has 0 fully saturated rings. The molecule has 12 rings (SSSR count). The summed E-state index contributed by atoms with van der Waals surface area (Å²) in [7, 11) is 0. The Morgan fingerprint density at radius 2 is 1.21 bits per heavy atom. The van der Waals surface area contributed by atoms with Crippen LogP contribution in [0.1, 0.15) is 15.1 Å². The van der Waals surface area contributed by atoms with Crippen LogP contribution in [0.25, 0.3) is 117 Å². The second kappa shape index (κ2) is 12.3. The molecule has 266 valence electrons. The Morgan fingerprint density at radius 3 is 2.05 bits per heavy atom. The molecule has 4 heterocycles. The van der Waals surface area contributed by atoms with Crippen molar-refractivity contribution in [3.63, 3.8) is 0 Å². The van der Waals surface area contributed by atoms with E-state index in [1.165, 1.54) is 0 Å². The largest absolute Gasteiger partial charge is 0.456 e. The maximum Gasteiger partial charge on any atom is 0.238 e. The molecule has 0 aliphatic rings. The van der Waals surface area contributed by atoms with Gasteiger partial charge in [0.05, 0.1) is 20.6 Å². The van der Waals surface area contributed by atoms with E-state index in [-0.39, 0.29) is 62.3 Å². The van der Waals surface area contributed by atoms with Gasteiger partial charge in [-0.2, -0.15) is 9.97 Å². The van der Waals surface area contributed by atoms with Crippen LogP contribution < -0.4 is 0 Å². The lowest BCUT2D eigenvalue weighted by Crippen LogP contribution is -2.06. The molecular formula is C51H30N4O2. The fourth-order valence-corrected chi connectivity index (χ4v) is 7.73. The molecule has 0 atom stereocenters. The van der Waals surface area contributed by atoms with Gasteiger partial charge < -0.3 is 8.83 Å². The summed E-state index contributed by atoms with van der Waals surface area (Å²) < 4.78 is 113. The summed E-state index contributed by atoms with van der Waals surface area (Å²) in [5, 5.41) is 3.26. The van der Waals surface area contributed by atoms with Crippen LogP contribution in [-0.4, -0.2) is 19.5 Å². The molecule has 0 radical (unpaired) electrons. The lowest BCUT2D eigenvalue weighted by Gasteiger charge is -2.11. The first-order valence-electron chi connectivity index (χ1n) is 23.6. The van der Waals surface area contributed by atoms with E-state index in [0.717, 1.165) is 32.7 Å². The van der Waals surface area contributed by atoms with Gasteiger partial charge in [0.15, 0.2) is 17.2 Å². The van der Waals surface area contributed by atoms with E-state index in [2.05, 4.69) is 4.98 Å². The fourth-order valence-electron chi connectivity index (χ4n) is 7.73. The van der Waals surface area contributed by atoms with E-state index in [0.29, 0.717) is 27.8 Å². The molecule has 0 N–H and O–H groups in total. The summed E-state index contributed by atoms with van der Waals surface area (Å²) in [5.41, 5.74) is 3.75. The van der Waals surface area contributed by atoms with E-state index in [1.54, 1.807) is 34.9 Å². The number of rotatable bonds is 5. The zero-order valence-electron chi connectivity index (χ0n) is 40.6. The second-order valence-corrected chi connectivity index (χ2v) is 13.5. The van der Waals surface area contributed by atoms with Gasteiger partial charge in [-0.1, -0.05) is 139 Å². The van der Waals surface area contributed by atoms with Crippen molar-refractivity contribution >= 4 is 65.7 Å². The standard InChI is InChI=1S/C51H30N4O2/c1-4-13-31(14-5-1)34-24-28-42-41(29-34)38-26-27-39-37-19-10-11-21-43(37)57-48(39)47(38)55(42)51-53-49(33-17-8-3-9-18-33)52-50(54-51)35-23-25-40-45(30-35)56-44-22-12-20-36(46(40)44)32-15-6-2-7-16-32/h1-30H/i3D,8D,9D,12D,17D,18D,20D,22D,23D,25D,30D. The van der Waals surface area contributed by atoms with Crippen LogP contribution in [0.2, 0.25) is 0 Å². The minimum atomic E-state index is -0.638. The fraction of sp³-hybridized carbons (Fsp3) is 0. The molecule has 4 aromatic heterocycles. The van der Waals surface area contributed by atoms with Crippen molar-refractivity contribution in [1.29, 1.82) is 0 Å². The first-order valence-corrected chi connectivity index (χ1v) is 18.1. The van der Waals surface area contributed by atoms with Crippen LogP contribution in [-0.2, 0) is 0 Å². The van der Waals surface area contributed by atoms with E-state index in [1.807, 2.05) is 84.9 Å². The molecule has 0 saturated heterocycles. The summed E-state index contributed by atoms with van der Waals surface area (Å²) in [6.07, 6.45) is 0. The number of nitrogens with zero attached hydrogens (tertiary/aromatic N) is 4. The molecule has 0 spiro atoms. The molecule has 6 nitrogen and oxygen atoms in total. The minimum absolute atomic E-state index is 0.0244. The SMILES string of the molecule is [2H]c1c([2H])c([2H])c(-c2nc(-c3c([2H])c([2H])c4c(oc5c([2H])c([2H])c([2H])c(-c6ccccc6)c54)c3[2H])nc(-n3c4ccc(-c5ccccc5)cc4c4ccc5c6ccccc6oc5c43)n2)c([2H])c1[2H]. The van der Waals surface area contributed by atoms with Crippen LogP contribution in [0.5, 0.6) is 0 Å². The molecule has 0 amide bonds. The van der Waals surface area contributed by atoms with Gasteiger partial charge in [-0.3, -0.25) is 4.57 Å². The number of para-hydroxylation sites is 1. The van der Waals surface area contributed by atoms with Crippen molar-refractivity contribution in [3.05, 3.63) is 182 Å². The number of fused-ring (bicyclic) bond motifs is 10. The van der Waals surface area contributed by atoms with Crippen LogP contribution in [0.3, 0.4) is 0 Å². The van der Waals surface area contributed by atoms with Crippen molar-refractivity contribution in [3.8, 4) is 51.0 Å². The number of furan rings is 2. The number of hydrogen-bond acceptors (Lipinski definition) is 5. The Balaban J connectivity index is 1.22. The van der Waals surface area contributed by atoms with Gasteiger partial charge in [0, 0.05) is 43.4 Å². The zero-order chi connectivity index (χ0) is 47.0. The summed E-state index contributed by atoms with van der Waals surface area (Å²) >= 11 is 0. The van der Waals surface area contributed by atoms with E-state index < -0.39 is 60.4 Å². The Bertz CT molecular complexity index is 4140. The van der Waals surface area contributed by atoms with Crippen molar-refractivity contribution < 1.29 is 23.9 Å². The third-order valence-corrected chi connectivity index (χ3v) is 10.3. The van der Waals surface area contributed by atoms with Gasteiger partial charge >= 0.3 is 0 Å². The monoisotopic (exact) mass is 741 g/mol. The van der Waals surface area contributed by atoms with Gasteiger partial charge in [-0.25, -0.2) is 4.98 Å². The lowest BCUT2D eigenvalue weighted by molar-refractivity contribution is 0.669. The van der Waals surface area contributed by atoms with E-state index in [9.17, 15) is 4.11 Å². The van der Waals surface area contributed by atoms with Crippen LogP contribution in [0.4, 0.5) is 0 Å². The predicted octanol–water partition coefficient (Wildman–Crippen LogP) is 13.4. The first-order chi connectivity index (χ1) is 32.8. The molecule has 12 aromatic rings. The van der Waals surface area contributed by atoms with Crippen molar-refractivity contribution in [2.45, 2.75) is 0 Å². The number of benzene rings is 8. The molecule has 0 aliphatic carbocycles. The third-order valence-electron chi connectivity index (χ3n) is 10.3. The number of aromatic nitrogens is 4. The average molecular weight is 742 g/mol. The maximum atomic E-state index is 9.71. The second-order valence-electron chi connectivity index (χ2n) is 13.5. The molecule has 0 aliphatic heterocycles. The summed E-state index contributed by atoms with van der Waals surface area (Å²) in [6, 6.07) is 30.3. The Morgan fingerprint density at radius 1 is 0.456 bits per heavy atom. The van der Waals surface area contributed by atoms with Gasteiger partial charge in [0.2, 0.25) is 5.95 Å². The minimum Gasteiger partial charge on any atom is -0.456 e. The van der Waals surface area contributed by atoms with Crippen LogP contribution in [0.15, 0.2) is 191 Å². The summed E-state index contributed by atoms with van der Waals surface area (Å²) in [6.45, 7) is 0. The molecule has 0 unspecified atom stereocenters. The highest BCUT2D eigenvalue weighted by Gasteiger charge is 2.23. The Kier molecular flexibility index (Phi) is 4.88. The third kappa shape index (κ3) is 4.94. The van der Waals surface area contributed by atoms with E-state index in [4.69, 9.17) is 29.8 Å². The lowest BCUT2D eigenvalue weighted by atomic mass is 9.99. The van der Waals surface area contributed by atoms with Gasteiger partial charge in [-0.05, 0) is 64.6 Å². The van der Waals surface area contributed by atoms with Crippen LogP contribution >= 0.6 is 0 Å². The van der Waals surface area contributed by atoms with Crippen molar-refractivity contribution in [1.82, 2.24) is 19.5 Å². The topological polar surface area (TPSA) is 69.9 Å². The average Bonchev–Trinajstić information content (AvgIpc) is 4.05. The normalized spacial score (nSPS) is 14.6. The predicted molar refractivity (Wildman–Crippen MR) is 230 cm³/mol. The van der Waals surface area contributed by atoms with Gasteiger partial charge in [0.25, 0.3) is 0 Å². The molecule has 8 aromatic carbocycles. The smallest absolute Gasteiger partial charge is 0.238 e.